The Balaban J connectivity index is 1.23. The average molecular weight is 574 g/mol. The zero-order valence-electron chi connectivity index (χ0n) is 24.8. The van der Waals surface area contributed by atoms with Crippen molar-refractivity contribution in [3.8, 4) is 33.4 Å². The average Bonchev–Trinajstić information content (AvgIpc) is 3.13. The van der Waals surface area contributed by atoms with Crippen molar-refractivity contribution in [1.29, 1.82) is 0 Å². The highest BCUT2D eigenvalue weighted by Gasteiger charge is 2.17. The molecular formula is C44H31N. The molecule has 0 heterocycles. The molecule has 8 rings (SSSR count). The van der Waals surface area contributed by atoms with Gasteiger partial charge in [-0.25, -0.2) is 0 Å². The Labute approximate surface area is 264 Å². The van der Waals surface area contributed by atoms with E-state index in [-0.39, 0.29) is 0 Å². The highest BCUT2D eigenvalue weighted by atomic mass is 15.1. The number of para-hydroxylation sites is 1. The predicted molar refractivity (Wildman–Crippen MR) is 192 cm³/mol. The molecule has 0 radical (unpaired) electrons. The molecule has 0 spiro atoms. The number of nitrogens with zero attached hydrogens (tertiary/aromatic N) is 1. The number of fused-ring (bicyclic) bond motifs is 2. The van der Waals surface area contributed by atoms with Gasteiger partial charge >= 0.3 is 0 Å². The van der Waals surface area contributed by atoms with Crippen LogP contribution in [0.3, 0.4) is 0 Å². The van der Waals surface area contributed by atoms with Crippen molar-refractivity contribution in [2.75, 3.05) is 4.90 Å². The van der Waals surface area contributed by atoms with Crippen LogP contribution in [0.5, 0.6) is 0 Å². The molecule has 0 aliphatic rings. The van der Waals surface area contributed by atoms with Gasteiger partial charge in [-0.05, 0) is 85.9 Å². The van der Waals surface area contributed by atoms with Gasteiger partial charge in [-0.3, -0.25) is 0 Å². The van der Waals surface area contributed by atoms with Gasteiger partial charge in [0.05, 0.1) is 5.69 Å². The Morgan fingerprint density at radius 2 is 0.844 bits per heavy atom. The van der Waals surface area contributed by atoms with Crippen molar-refractivity contribution in [2.45, 2.75) is 0 Å². The minimum atomic E-state index is 1.12. The second-order valence-electron chi connectivity index (χ2n) is 11.4. The smallest absolute Gasteiger partial charge is 0.0540 e. The summed E-state index contributed by atoms with van der Waals surface area (Å²) in [5, 5.41) is 4.97. The van der Waals surface area contributed by atoms with Crippen LogP contribution >= 0.6 is 0 Å². The van der Waals surface area contributed by atoms with Crippen LogP contribution < -0.4 is 4.90 Å². The Hall–Kier alpha value is -5.92. The highest BCUT2D eigenvalue weighted by Crippen LogP contribution is 2.42. The van der Waals surface area contributed by atoms with Gasteiger partial charge in [-0.15, -0.1) is 0 Å². The summed E-state index contributed by atoms with van der Waals surface area (Å²) in [4.78, 5) is 2.37. The molecule has 8 aromatic carbocycles. The van der Waals surface area contributed by atoms with E-state index in [1.54, 1.807) is 0 Å². The second-order valence-corrected chi connectivity index (χ2v) is 11.4. The molecule has 1 heteroatoms. The zero-order chi connectivity index (χ0) is 30.0. The van der Waals surface area contributed by atoms with E-state index >= 15 is 0 Å². The highest BCUT2D eigenvalue weighted by molar-refractivity contribution is 6.06. The van der Waals surface area contributed by atoms with E-state index in [4.69, 9.17) is 0 Å². The maximum absolute atomic E-state index is 2.37. The summed E-state index contributed by atoms with van der Waals surface area (Å²) in [6.07, 6.45) is 0. The van der Waals surface area contributed by atoms with Crippen LogP contribution in [-0.2, 0) is 0 Å². The quantitative estimate of drug-likeness (QED) is 0.191. The van der Waals surface area contributed by atoms with Gasteiger partial charge in [-0.1, -0.05) is 152 Å². The lowest BCUT2D eigenvalue weighted by Gasteiger charge is -2.27. The molecule has 0 unspecified atom stereocenters. The lowest BCUT2D eigenvalue weighted by Crippen LogP contribution is -2.10. The third-order valence-corrected chi connectivity index (χ3v) is 8.67. The van der Waals surface area contributed by atoms with Crippen molar-refractivity contribution in [3.05, 3.63) is 188 Å². The molecule has 0 bridgehead atoms. The third kappa shape index (κ3) is 5.05. The van der Waals surface area contributed by atoms with E-state index in [0.29, 0.717) is 0 Å². The number of benzene rings is 8. The molecule has 0 saturated carbocycles. The number of rotatable bonds is 6. The first-order valence-corrected chi connectivity index (χ1v) is 15.4. The minimum absolute atomic E-state index is 1.12. The van der Waals surface area contributed by atoms with E-state index in [1.807, 2.05) is 0 Å². The summed E-state index contributed by atoms with van der Waals surface area (Å²) in [7, 11) is 0. The van der Waals surface area contributed by atoms with E-state index in [0.717, 1.165) is 17.1 Å². The molecule has 212 valence electrons. The third-order valence-electron chi connectivity index (χ3n) is 8.67. The monoisotopic (exact) mass is 573 g/mol. The maximum Gasteiger partial charge on any atom is 0.0540 e. The Bertz CT molecular complexity index is 2240. The standard InChI is InChI=1S/C44H31N/c1-4-13-33(14-5-1)39-22-12-17-35-23-24-36(31-43(35)39)32-25-27-38(28-26-32)45(37-18-8-3-9-19-37)44-30-29-40(34-15-6-2-7-16-34)41-20-10-11-21-42(41)44/h1-31H. The Morgan fingerprint density at radius 1 is 0.289 bits per heavy atom. The van der Waals surface area contributed by atoms with Crippen LogP contribution in [0.1, 0.15) is 0 Å². The van der Waals surface area contributed by atoms with Crippen LogP contribution in [-0.4, -0.2) is 0 Å². The lowest BCUT2D eigenvalue weighted by molar-refractivity contribution is 1.30. The van der Waals surface area contributed by atoms with Crippen LogP contribution in [0.15, 0.2) is 188 Å². The van der Waals surface area contributed by atoms with Crippen molar-refractivity contribution >= 4 is 38.6 Å². The molecule has 0 fully saturated rings. The summed E-state index contributed by atoms with van der Waals surface area (Å²) < 4.78 is 0. The van der Waals surface area contributed by atoms with Gasteiger partial charge < -0.3 is 4.90 Å². The molecule has 0 atom stereocenters. The van der Waals surface area contributed by atoms with E-state index < -0.39 is 0 Å². The molecule has 0 amide bonds. The Kier molecular flexibility index (Phi) is 6.90. The second kappa shape index (κ2) is 11.6. The largest absolute Gasteiger partial charge is 0.310 e. The number of hydrogen-bond acceptors (Lipinski definition) is 1. The number of hydrogen-bond donors (Lipinski definition) is 0. The van der Waals surface area contributed by atoms with Crippen molar-refractivity contribution in [1.82, 2.24) is 0 Å². The van der Waals surface area contributed by atoms with Crippen LogP contribution in [0, 0.1) is 0 Å². The first-order valence-electron chi connectivity index (χ1n) is 15.4. The van der Waals surface area contributed by atoms with Crippen molar-refractivity contribution in [2.24, 2.45) is 0 Å². The van der Waals surface area contributed by atoms with Gasteiger partial charge in [0.1, 0.15) is 0 Å². The molecular weight excluding hydrogens is 542 g/mol. The fourth-order valence-corrected chi connectivity index (χ4v) is 6.48. The van der Waals surface area contributed by atoms with E-state index in [1.165, 1.54) is 54.9 Å². The van der Waals surface area contributed by atoms with Gasteiger partial charge in [-0.2, -0.15) is 0 Å². The van der Waals surface area contributed by atoms with Crippen LogP contribution in [0.25, 0.3) is 54.9 Å². The SMILES string of the molecule is c1ccc(-c2cccc3ccc(-c4ccc(N(c5ccccc5)c5ccc(-c6ccccc6)c6ccccc56)cc4)cc23)cc1. The molecule has 8 aromatic rings. The normalized spacial score (nSPS) is 11.1. The topological polar surface area (TPSA) is 3.24 Å². The molecule has 0 aliphatic carbocycles. The first-order chi connectivity index (χ1) is 22.3. The number of anilines is 3. The van der Waals surface area contributed by atoms with E-state index in [2.05, 4.69) is 193 Å². The minimum Gasteiger partial charge on any atom is -0.310 e. The van der Waals surface area contributed by atoms with Crippen molar-refractivity contribution in [3.63, 3.8) is 0 Å². The molecule has 45 heavy (non-hydrogen) atoms. The van der Waals surface area contributed by atoms with Gasteiger partial charge in [0.2, 0.25) is 0 Å². The molecule has 0 saturated heterocycles. The zero-order valence-corrected chi connectivity index (χ0v) is 24.8. The van der Waals surface area contributed by atoms with E-state index in [9.17, 15) is 0 Å². The van der Waals surface area contributed by atoms with Gasteiger partial charge in [0, 0.05) is 16.8 Å². The molecule has 0 N–H and O–H groups in total. The molecule has 0 aromatic heterocycles. The summed E-state index contributed by atoms with van der Waals surface area (Å²) in [5.74, 6) is 0. The predicted octanol–water partition coefficient (Wildman–Crippen LogP) is 12.5. The van der Waals surface area contributed by atoms with Crippen molar-refractivity contribution < 1.29 is 0 Å². The van der Waals surface area contributed by atoms with Crippen LogP contribution in [0.4, 0.5) is 17.1 Å². The lowest BCUT2D eigenvalue weighted by atomic mass is 9.94. The van der Waals surface area contributed by atoms with Gasteiger partial charge in [0.25, 0.3) is 0 Å². The fourth-order valence-electron chi connectivity index (χ4n) is 6.48. The molecule has 1 nitrogen and oxygen atoms in total. The van der Waals surface area contributed by atoms with Crippen LogP contribution in [0.2, 0.25) is 0 Å². The maximum atomic E-state index is 2.37. The summed E-state index contributed by atoms with van der Waals surface area (Å²) in [5.41, 5.74) is 10.8. The summed E-state index contributed by atoms with van der Waals surface area (Å²) in [6.45, 7) is 0. The fraction of sp³-hybridized carbons (Fsp3) is 0. The Morgan fingerprint density at radius 3 is 1.53 bits per heavy atom. The summed E-state index contributed by atoms with van der Waals surface area (Å²) >= 11 is 0. The first kappa shape index (κ1) is 26.7. The summed E-state index contributed by atoms with van der Waals surface area (Å²) in [6, 6.07) is 67.6. The molecule has 0 aliphatic heterocycles. The van der Waals surface area contributed by atoms with Gasteiger partial charge in [0.15, 0.2) is 0 Å².